The monoisotopic (exact) mass is 352 g/mol. The van der Waals surface area contributed by atoms with Crippen LogP contribution in [0.5, 0.6) is 5.75 Å². The van der Waals surface area contributed by atoms with Crippen molar-refractivity contribution in [1.29, 1.82) is 0 Å². The Bertz CT molecular complexity index is 789. The van der Waals surface area contributed by atoms with Crippen molar-refractivity contribution in [3.05, 3.63) is 47.4 Å². The number of nitrogens with zero attached hydrogens (tertiary/aromatic N) is 4. The molecule has 3 saturated heterocycles. The Morgan fingerprint density at radius 2 is 1.85 bits per heavy atom. The molecule has 2 bridgehead atoms. The number of piperidine rings is 1. The van der Waals surface area contributed by atoms with Gasteiger partial charge in [-0.3, -0.25) is 4.79 Å². The molecule has 1 aromatic heterocycles. The molecule has 136 valence electrons. The fourth-order valence-electron chi connectivity index (χ4n) is 4.07. The molecule has 1 amide bonds. The first kappa shape index (κ1) is 16.8. The number of ether oxygens (including phenoxy) is 1. The topological polar surface area (TPSA) is 58.6 Å². The molecule has 5 rings (SSSR count). The molecule has 0 radical (unpaired) electrons. The SMILES string of the molecule is COc1ccc(CC(=O)N2C3CC2CN(c2cc(C)nc(C)n2)C3)cc1. The number of benzene rings is 1. The molecule has 6 heteroatoms. The largest absolute Gasteiger partial charge is 0.497 e. The van der Waals surface area contributed by atoms with Crippen LogP contribution < -0.4 is 9.64 Å². The smallest absolute Gasteiger partial charge is 0.227 e. The van der Waals surface area contributed by atoms with Crippen LogP contribution in [0.2, 0.25) is 0 Å². The minimum Gasteiger partial charge on any atom is -0.497 e. The summed E-state index contributed by atoms with van der Waals surface area (Å²) in [6, 6.07) is 10.3. The van der Waals surface area contributed by atoms with Gasteiger partial charge in [0.2, 0.25) is 5.91 Å². The molecule has 0 saturated carbocycles. The van der Waals surface area contributed by atoms with E-state index in [0.717, 1.165) is 48.2 Å². The van der Waals surface area contributed by atoms with E-state index in [9.17, 15) is 4.79 Å². The second kappa shape index (κ2) is 6.59. The maximum atomic E-state index is 12.8. The maximum Gasteiger partial charge on any atom is 0.227 e. The van der Waals surface area contributed by atoms with Gasteiger partial charge in [0, 0.05) is 24.8 Å². The van der Waals surface area contributed by atoms with Crippen molar-refractivity contribution >= 4 is 11.7 Å². The van der Waals surface area contributed by atoms with E-state index < -0.39 is 0 Å². The number of amides is 1. The normalized spacial score (nSPS) is 21.3. The molecule has 3 aliphatic heterocycles. The first-order valence-corrected chi connectivity index (χ1v) is 9.05. The van der Waals surface area contributed by atoms with Gasteiger partial charge >= 0.3 is 0 Å². The number of piperazine rings is 1. The molecule has 3 aliphatic rings. The van der Waals surface area contributed by atoms with Gasteiger partial charge < -0.3 is 14.5 Å². The molecule has 2 aromatic rings. The van der Waals surface area contributed by atoms with E-state index in [1.165, 1.54) is 0 Å². The van der Waals surface area contributed by atoms with Crippen LogP contribution in [0.4, 0.5) is 5.82 Å². The number of aromatic nitrogens is 2. The van der Waals surface area contributed by atoms with Gasteiger partial charge in [-0.25, -0.2) is 9.97 Å². The number of anilines is 1. The third-order valence-electron chi connectivity index (χ3n) is 5.27. The maximum absolute atomic E-state index is 12.8. The number of rotatable bonds is 4. The number of carbonyl (C=O) groups is 1. The Morgan fingerprint density at radius 3 is 2.46 bits per heavy atom. The van der Waals surface area contributed by atoms with Crippen molar-refractivity contribution < 1.29 is 9.53 Å². The molecule has 2 atom stereocenters. The van der Waals surface area contributed by atoms with Gasteiger partial charge in [0.25, 0.3) is 0 Å². The summed E-state index contributed by atoms with van der Waals surface area (Å²) in [6.07, 6.45) is 1.54. The fourth-order valence-corrected chi connectivity index (χ4v) is 4.07. The lowest BCUT2D eigenvalue weighted by atomic mass is 9.86. The van der Waals surface area contributed by atoms with Crippen LogP contribution in [0.15, 0.2) is 30.3 Å². The van der Waals surface area contributed by atoms with Crippen LogP contribution in [0.3, 0.4) is 0 Å². The van der Waals surface area contributed by atoms with E-state index in [1.807, 2.05) is 44.2 Å². The summed E-state index contributed by atoms with van der Waals surface area (Å²) in [7, 11) is 1.65. The van der Waals surface area contributed by atoms with Crippen LogP contribution in [0.25, 0.3) is 0 Å². The van der Waals surface area contributed by atoms with E-state index in [0.29, 0.717) is 6.42 Å². The van der Waals surface area contributed by atoms with Crippen molar-refractivity contribution in [3.8, 4) is 5.75 Å². The number of carbonyl (C=O) groups excluding carboxylic acids is 1. The number of hydrogen-bond donors (Lipinski definition) is 0. The lowest BCUT2D eigenvalue weighted by Crippen LogP contribution is -2.70. The van der Waals surface area contributed by atoms with Gasteiger partial charge in [-0.15, -0.1) is 0 Å². The van der Waals surface area contributed by atoms with Crippen LogP contribution in [-0.4, -0.2) is 53.1 Å². The zero-order chi connectivity index (χ0) is 18.3. The lowest BCUT2D eigenvalue weighted by molar-refractivity contribution is -0.145. The van der Waals surface area contributed by atoms with E-state index in [1.54, 1.807) is 7.11 Å². The van der Waals surface area contributed by atoms with Gasteiger partial charge in [-0.05, 0) is 38.0 Å². The molecule has 0 aliphatic carbocycles. The Balaban J connectivity index is 1.41. The molecule has 2 unspecified atom stereocenters. The first-order valence-electron chi connectivity index (χ1n) is 9.05. The summed E-state index contributed by atoms with van der Waals surface area (Å²) in [6.45, 7) is 5.61. The second-order valence-corrected chi connectivity index (χ2v) is 7.19. The van der Waals surface area contributed by atoms with Gasteiger partial charge in [0.15, 0.2) is 0 Å². The predicted octanol–water partition coefficient (Wildman–Crippen LogP) is 2.13. The number of hydrogen-bond acceptors (Lipinski definition) is 5. The first-order chi connectivity index (χ1) is 12.5. The van der Waals surface area contributed by atoms with Crippen LogP contribution in [0.1, 0.15) is 23.5 Å². The summed E-state index contributed by atoms with van der Waals surface area (Å²) in [5.74, 6) is 2.80. The number of methoxy groups -OCH3 is 1. The molecule has 1 aromatic carbocycles. The van der Waals surface area contributed by atoms with Crippen molar-refractivity contribution in [2.75, 3.05) is 25.1 Å². The molecular formula is C20H24N4O2. The molecule has 6 nitrogen and oxygen atoms in total. The lowest BCUT2D eigenvalue weighted by Gasteiger charge is -2.56. The highest BCUT2D eigenvalue weighted by molar-refractivity contribution is 5.81. The molecule has 3 fully saturated rings. The Hall–Kier alpha value is -2.63. The standard InChI is InChI=1S/C20H24N4O2/c1-13-8-19(22-14(2)21-13)23-11-16-10-17(12-23)24(16)20(25)9-15-4-6-18(26-3)7-5-15/h4-8,16-17H,9-12H2,1-3H3. The quantitative estimate of drug-likeness (QED) is 0.844. The van der Waals surface area contributed by atoms with E-state index >= 15 is 0 Å². The molecular weight excluding hydrogens is 328 g/mol. The van der Waals surface area contributed by atoms with Crippen LogP contribution in [-0.2, 0) is 11.2 Å². The van der Waals surface area contributed by atoms with Crippen molar-refractivity contribution in [1.82, 2.24) is 14.9 Å². The number of fused-ring (bicyclic) bond motifs is 2. The average molecular weight is 352 g/mol. The Labute approximate surface area is 153 Å². The van der Waals surface area contributed by atoms with E-state index in [2.05, 4.69) is 19.8 Å². The highest BCUT2D eigenvalue weighted by atomic mass is 16.5. The molecule has 4 heterocycles. The summed E-state index contributed by atoms with van der Waals surface area (Å²) in [5, 5.41) is 0. The van der Waals surface area contributed by atoms with Gasteiger partial charge in [-0.1, -0.05) is 12.1 Å². The average Bonchev–Trinajstić information content (AvgIpc) is 2.61. The van der Waals surface area contributed by atoms with Gasteiger partial charge in [0.05, 0.1) is 25.6 Å². The summed E-state index contributed by atoms with van der Waals surface area (Å²) in [4.78, 5) is 26.0. The van der Waals surface area contributed by atoms with Crippen molar-refractivity contribution in [3.63, 3.8) is 0 Å². The van der Waals surface area contributed by atoms with Crippen LogP contribution in [0, 0.1) is 13.8 Å². The number of aryl methyl sites for hydroxylation is 2. The summed E-state index contributed by atoms with van der Waals surface area (Å²) >= 11 is 0. The Kier molecular flexibility index (Phi) is 4.26. The Morgan fingerprint density at radius 1 is 1.15 bits per heavy atom. The van der Waals surface area contributed by atoms with Crippen molar-refractivity contribution in [2.45, 2.75) is 38.8 Å². The van der Waals surface area contributed by atoms with Gasteiger partial charge in [-0.2, -0.15) is 0 Å². The zero-order valence-corrected chi connectivity index (χ0v) is 15.5. The highest BCUT2D eigenvalue weighted by Gasteiger charge is 2.47. The van der Waals surface area contributed by atoms with Gasteiger partial charge in [0.1, 0.15) is 17.4 Å². The molecule has 26 heavy (non-hydrogen) atoms. The van der Waals surface area contributed by atoms with E-state index in [4.69, 9.17) is 4.74 Å². The third kappa shape index (κ3) is 3.11. The molecule has 0 spiro atoms. The van der Waals surface area contributed by atoms with E-state index in [-0.39, 0.29) is 18.0 Å². The van der Waals surface area contributed by atoms with Crippen molar-refractivity contribution in [2.24, 2.45) is 0 Å². The molecule has 0 N–H and O–H groups in total. The highest BCUT2D eigenvalue weighted by Crippen LogP contribution is 2.34. The minimum atomic E-state index is 0.214. The minimum absolute atomic E-state index is 0.214. The summed E-state index contributed by atoms with van der Waals surface area (Å²) in [5.41, 5.74) is 2.01. The fraction of sp³-hybridized carbons (Fsp3) is 0.450. The zero-order valence-electron chi connectivity index (χ0n) is 15.5. The predicted molar refractivity (Wildman–Crippen MR) is 99.5 cm³/mol. The third-order valence-corrected chi connectivity index (χ3v) is 5.27. The second-order valence-electron chi connectivity index (χ2n) is 7.19. The summed E-state index contributed by atoms with van der Waals surface area (Å²) < 4.78 is 5.17. The van der Waals surface area contributed by atoms with Crippen LogP contribution >= 0.6 is 0 Å².